The molecule has 2 amide bonds. The maximum atomic E-state index is 12.4. The van der Waals surface area contributed by atoms with Crippen molar-refractivity contribution < 1.29 is 4.79 Å². The van der Waals surface area contributed by atoms with Gasteiger partial charge in [-0.05, 0) is 41.9 Å². The summed E-state index contributed by atoms with van der Waals surface area (Å²) in [6, 6.07) is 6.94. The van der Waals surface area contributed by atoms with E-state index in [-0.39, 0.29) is 6.03 Å². The highest BCUT2D eigenvalue weighted by Crippen LogP contribution is 2.41. The largest absolute Gasteiger partial charge is 0.335 e. The van der Waals surface area contributed by atoms with Gasteiger partial charge in [-0.15, -0.1) is 0 Å². The molecule has 0 radical (unpaired) electrons. The van der Waals surface area contributed by atoms with Crippen molar-refractivity contribution in [3.63, 3.8) is 0 Å². The van der Waals surface area contributed by atoms with E-state index < -0.39 is 0 Å². The highest BCUT2D eigenvalue weighted by molar-refractivity contribution is 5.75. The van der Waals surface area contributed by atoms with Crippen molar-refractivity contribution in [1.29, 1.82) is 0 Å². The van der Waals surface area contributed by atoms with Crippen molar-refractivity contribution in [2.75, 3.05) is 19.6 Å². The molecule has 1 aromatic rings. The molecule has 1 unspecified atom stereocenters. The fraction of sp³-hybridized carbons (Fsp3) is 0.562. The lowest BCUT2D eigenvalue weighted by atomic mass is 9.95. The Balaban J connectivity index is 1.42. The van der Waals surface area contributed by atoms with Crippen molar-refractivity contribution in [3.05, 3.63) is 34.9 Å². The Morgan fingerprint density at radius 3 is 2.95 bits per heavy atom. The number of carbonyl (C=O) groups excluding carboxylic acids is 1. The van der Waals surface area contributed by atoms with Gasteiger partial charge in [-0.2, -0.15) is 0 Å². The van der Waals surface area contributed by atoms with Gasteiger partial charge in [0.25, 0.3) is 0 Å². The SMILES string of the molecule is Cc1cccc2c1CCN(C(=O)NC1[C@H]3CNC[C@@H]13)C2. The summed E-state index contributed by atoms with van der Waals surface area (Å²) in [6.07, 6.45) is 0.981. The number of piperidine rings is 1. The summed E-state index contributed by atoms with van der Waals surface area (Å²) < 4.78 is 0. The predicted molar refractivity (Wildman–Crippen MR) is 77.5 cm³/mol. The monoisotopic (exact) mass is 271 g/mol. The molecule has 1 saturated heterocycles. The molecule has 1 aromatic carbocycles. The third-order valence-corrected chi connectivity index (χ3v) is 5.17. The molecule has 0 spiro atoms. The van der Waals surface area contributed by atoms with Gasteiger partial charge in [0.2, 0.25) is 0 Å². The highest BCUT2D eigenvalue weighted by Gasteiger charge is 2.53. The van der Waals surface area contributed by atoms with Crippen LogP contribution in [0.5, 0.6) is 0 Å². The number of fused-ring (bicyclic) bond motifs is 2. The minimum atomic E-state index is 0.122. The summed E-state index contributed by atoms with van der Waals surface area (Å²) >= 11 is 0. The van der Waals surface area contributed by atoms with E-state index in [9.17, 15) is 4.79 Å². The first-order chi connectivity index (χ1) is 9.74. The van der Waals surface area contributed by atoms with Crippen molar-refractivity contribution in [3.8, 4) is 0 Å². The van der Waals surface area contributed by atoms with Crippen LogP contribution in [-0.2, 0) is 13.0 Å². The van der Waals surface area contributed by atoms with E-state index in [4.69, 9.17) is 0 Å². The Hall–Kier alpha value is -1.55. The zero-order chi connectivity index (χ0) is 13.7. The molecule has 4 rings (SSSR count). The summed E-state index contributed by atoms with van der Waals surface area (Å²) in [6.45, 7) is 5.88. The summed E-state index contributed by atoms with van der Waals surface area (Å²) in [4.78, 5) is 14.3. The lowest BCUT2D eigenvalue weighted by Crippen LogP contribution is -2.45. The van der Waals surface area contributed by atoms with Gasteiger partial charge >= 0.3 is 6.03 Å². The molecule has 3 aliphatic rings. The zero-order valence-electron chi connectivity index (χ0n) is 11.9. The van der Waals surface area contributed by atoms with Gasteiger partial charge in [0.15, 0.2) is 0 Å². The summed E-state index contributed by atoms with van der Waals surface area (Å²) in [7, 11) is 0. The smallest absolute Gasteiger partial charge is 0.317 e. The van der Waals surface area contributed by atoms with Crippen molar-refractivity contribution in [1.82, 2.24) is 15.5 Å². The molecule has 2 N–H and O–H groups in total. The van der Waals surface area contributed by atoms with E-state index in [1.54, 1.807) is 0 Å². The molecule has 3 atom stereocenters. The summed E-state index contributed by atoms with van der Waals surface area (Å²) in [5.74, 6) is 1.36. The number of carbonyl (C=O) groups is 1. The molecular weight excluding hydrogens is 250 g/mol. The predicted octanol–water partition coefficient (Wildman–Crippen LogP) is 1.28. The molecule has 1 saturated carbocycles. The molecule has 0 aromatic heterocycles. The molecule has 1 aliphatic carbocycles. The number of hydrogen-bond donors (Lipinski definition) is 2. The fourth-order valence-electron chi connectivity index (χ4n) is 3.84. The Bertz CT molecular complexity index is 547. The minimum Gasteiger partial charge on any atom is -0.335 e. The van der Waals surface area contributed by atoms with Crippen LogP contribution in [0.2, 0.25) is 0 Å². The Labute approximate surface area is 119 Å². The maximum Gasteiger partial charge on any atom is 0.317 e. The maximum absolute atomic E-state index is 12.4. The number of rotatable bonds is 1. The molecular formula is C16H21N3O. The Kier molecular flexibility index (Phi) is 2.74. The van der Waals surface area contributed by atoms with Gasteiger partial charge in [-0.25, -0.2) is 4.79 Å². The Morgan fingerprint density at radius 2 is 2.15 bits per heavy atom. The lowest BCUT2D eigenvalue weighted by Gasteiger charge is -2.30. The average Bonchev–Trinajstić information content (AvgIpc) is 2.88. The van der Waals surface area contributed by atoms with E-state index >= 15 is 0 Å². The fourth-order valence-corrected chi connectivity index (χ4v) is 3.84. The number of benzene rings is 1. The van der Waals surface area contributed by atoms with E-state index in [1.165, 1.54) is 16.7 Å². The molecule has 4 heteroatoms. The standard InChI is InChI=1S/C16H21N3O/c1-10-3-2-4-11-9-19(6-5-12(10)11)16(20)18-15-13-7-17-8-14(13)15/h2-4,13-15,17H,5-9H2,1H3,(H,18,20)/t13-,14+,15?. The second-order valence-corrected chi connectivity index (χ2v) is 6.35. The van der Waals surface area contributed by atoms with Crippen LogP contribution in [0.25, 0.3) is 0 Å². The van der Waals surface area contributed by atoms with Gasteiger partial charge in [-0.3, -0.25) is 0 Å². The molecule has 4 nitrogen and oxygen atoms in total. The van der Waals surface area contributed by atoms with E-state index in [1.807, 2.05) is 4.90 Å². The number of amides is 2. The van der Waals surface area contributed by atoms with Crippen LogP contribution in [0.1, 0.15) is 16.7 Å². The van der Waals surface area contributed by atoms with Crippen LogP contribution in [0.3, 0.4) is 0 Å². The van der Waals surface area contributed by atoms with Crippen LogP contribution >= 0.6 is 0 Å². The summed E-state index contributed by atoms with van der Waals surface area (Å²) in [5.41, 5.74) is 4.10. The van der Waals surface area contributed by atoms with Crippen molar-refractivity contribution in [2.24, 2.45) is 11.8 Å². The van der Waals surface area contributed by atoms with Gasteiger partial charge in [0.05, 0.1) is 0 Å². The first-order valence-corrected chi connectivity index (χ1v) is 7.57. The van der Waals surface area contributed by atoms with Gasteiger partial charge < -0.3 is 15.5 Å². The second kappa shape index (κ2) is 4.48. The van der Waals surface area contributed by atoms with Gasteiger partial charge in [0.1, 0.15) is 0 Å². The quantitative estimate of drug-likeness (QED) is 0.808. The average molecular weight is 271 g/mol. The van der Waals surface area contributed by atoms with E-state index in [0.717, 1.165) is 32.6 Å². The van der Waals surface area contributed by atoms with Crippen LogP contribution in [-0.4, -0.2) is 36.6 Å². The number of hydrogen-bond acceptors (Lipinski definition) is 2. The number of nitrogens with zero attached hydrogens (tertiary/aromatic N) is 1. The first-order valence-electron chi connectivity index (χ1n) is 7.57. The first kappa shape index (κ1) is 12.2. The molecule has 0 bridgehead atoms. The summed E-state index contributed by atoms with van der Waals surface area (Å²) in [5, 5.41) is 6.58. The second-order valence-electron chi connectivity index (χ2n) is 6.35. The Morgan fingerprint density at radius 1 is 1.35 bits per heavy atom. The third kappa shape index (κ3) is 1.90. The van der Waals surface area contributed by atoms with Crippen LogP contribution in [0.15, 0.2) is 18.2 Å². The number of nitrogens with one attached hydrogen (secondary N) is 2. The number of urea groups is 1. The third-order valence-electron chi connectivity index (χ3n) is 5.17. The normalized spacial score (nSPS) is 30.6. The highest BCUT2D eigenvalue weighted by atomic mass is 16.2. The minimum absolute atomic E-state index is 0.122. The van der Waals surface area contributed by atoms with Gasteiger partial charge in [0, 0.05) is 32.2 Å². The van der Waals surface area contributed by atoms with Crippen LogP contribution in [0.4, 0.5) is 4.79 Å². The van der Waals surface area contributed by atoms with Crippen LogP contribution < -0.4 is 10.6 Å². The molecule has 2 fully saturated rings. The molecule has 2 aliphatic heterocycles. The molecule has 20 heavy (non-hydrogen) atoms. The zero-order valence-corrected chi connectivity index (χ0v) is 11.9. The van der Waals surface area contributed by atoms with E-state index in [0.29, 0.717) is 17.9 Å². The van der Waals surface area contributed by atoms with Crippen LogP contribution in [0, 0.1) is 18.8 Å². The van der Waals surface area contributed by atoms with Gasteiger partial charge in [-0.1, -0.05) is 18.2 Å². The lowest BCUT2D eigenvalue weighted by molar-refractivity contribution is 0.190. The van der Waals surface area contributed by atoms with Crippen molar-refractivity contribution >= 4 is 6.03 Å². The van der Waals surface area contributed by atoms with E-state index in [2.05, 4.69) is 35.8 Å². The molecule has 2 heterocycles. The van der Waals surface area contributed by atoms with Crippen molar-refractivity contribution in [2.45, 2.75) is 25.9 Å². The number of aryl methyl sites for hydroxylation is 1. The molecule has 106 valence electrons. The topological polar surface area (TPSA) is 44.4 Å².